The zero-order chi connectivity index (χ0) is 10.1. The number of fused-ring (bicyclic) bond motifs is 1. The number of carbonyl (C=O) groups excluding carboxylic acids is 1. The van der Waals surface area contributed by atoms with Gasteiger partial charge in [-0.25, -0.2) is 0 Å². The summed E-state index contributed by atoms with van der Waals surface area (Å²) in [6.45, 7) is 0. The molecule has 0 aliphatic heterocycles. The van der Waals surface area contributed by atoms with Gasteiger partial charge < -0.3 is 0 Å². The van der Waals surface area contributed by atoms with Gasteiger partial charge in [-0.1, -0.05) is 56.1 Å². The Morgan fingerprint density at radius 1 is 1.00 bits per heavy atom. The van der Waals surface area contributed by atoms with Crippen molar-refractivity contribution in [1.29, 1.82) is 0 Å². The van der Waals surface area contributed by atoms with Crippen LogP contribution in [0, 0.1) is 0 Å². The summed E-state index contributed by atoms with van der Waals surface area (Å²) in [4.78, 5) is 11.6. The van der Waals surface area contributed by atoms with Crippen LogP contribution >= 0.6 is 31.9 Å². The highest BCUT2D eigenvalue weighted by Crippen LogP contribution is 2.26. The van der Waals surface area contributed by atoms with Crippen LogP contribution in [0.1, 0.15) is 11.1 Å². The lowest BCUT2D eigenvalue weighted by Gasteiger charge is -2.06. The van der Waals surface area contributed by atoms with Crippen LogP contribution in [0.15, 0.2) is 24.3 Å². The van der Waals surface area contributed by atoms with Crippen molar-refractivity contribution in [3.63, 3.8) is 0 Å². The first-order valence-electron chi connectivity index (χ1n) is 4.57. The summed E-state index contributed by atoms with van der Waals surface area (Å²) < 4.78 is 0. The van der Waals surface area contributed by atoms with E-state index in [2.05, 4.69) is 44.0 Å². The minimum atomic E-state index is -0.0458. The van der Waals surface area contributed by atoms with Crippen LogP contribution in [0.4, 0.5) is 0 Å². The van der Waals surface area contributed by atoms with E-state index in [9.17, 15) is 4.79 Å². The van der Waals surface area contributed by atoms with Gasteiger partial charge in [0.2, 0.25) is 0 Å². The zero-order valence-corrected chi connectivity index (χ0v) is 10.7. The smallest absolute Gasteiger partial charge is 0.160 e. The number of hydrogen-bond acceptors (Lipinski definition) is 1. The van der Waals surface area contributed by atoms with Crippen LogP contribution in [0.5, 0.6) is 0 Å². The van der Waals surface area contributed by atoms with Crippen molar-refractivity contribution < 1.29 is 4.79 Å². The second-order valence-corrected chi connectivity index (χ2v) is 5.73. The molecule has 0 spiro atoms. The molecule has 1 aromatic rings. The largest absolute Gasteiger partial charge is 0.297 e. The van der Waals surface area contributed by atoms with Crippen LogP contribution < -0.4 is 0 Å². The third kappa shape index (κ3) is 1.94. The Hall–Kier alpha value is -0.150. The second-order valence-electron chi connectivity index (χ2n) is 3.51. The molecule has 0 amide bonds. The highest BCUT2D eigenvalue weighted by molar-refractivity contribution is 9.10. The summed E-state index contributed by atoms with van der Waals surface area (Å²) in [5.41, 5.74) is 2.56. The third-order valence-corrected chi connectivity index (χ3v) is 4.08. The molecule has 3 heteroatoms. The number of ketones is 1. The van der Waals surface area contributed by atoms with E-state index in [0.29, 0.717) is 0 Å². The van der Waals surface area contributed by atoms with E-state index in [0.717, 1.165) is 12.8 Å². The van der Waals surface area contributed by atoms with Crippen LogP contribution in [-0.4, -0.2) is 15.4 Å². The van der Waals surface area contributed by atoms with E-state index in [1.807, 2.05) is 12.1 Å². The predicted molar refractivity (Wildman–Crippen MR) is 64.3 cm³/mol. The van der Waals surface area contributed by atoms with Gasteiger partial charge in [-0.3, -0.25) is 4.79 Å². The molecule has 0 fully saturated rings. The first-order chi connectivity index (χ1) is 6.68. The minimum Gasteiger partial charge on any atom is -0.297 e. The monoisotopic (exact) mass is 316 g/mol. The van der Waals surface area contributed by atoms with E-state index >= 15 is 0 Å². The van der Waals surface area contributed by atoms with Crippen molar-refractivity contribution >= 4 is 37.6 Å². The van der Waals surface area contributed by atoms with Gasteiger partial charge in [-0.15, -0.1) is 0 Å². The standard InChI is InChI=1S/C11H10Br2O/c12-9-5-7-3-1-2-4-8(7)6-10(13)11(9)14/h1-4,9-10H,5-6H2. The fourth-order valence-corrected chi connectivity index (χ4v) is 3.43. The molecule has 0 saturated carbocycles. The molecule has 2 rings (SSSR count). The summed E-state index contributed by atoms with van der Waals surface area (Å²) in [6.07, 6.45) is 1.61. The topological polar surface area (TPSA) is 17.1 Å². The molecule has 14 heavy (non-hydrogen) atoms. The first-order valence-corrected chi connectivity index (χ1v) is 6.40. The minimum absolute atomic E-state index is 0.0458. The summed E-state index contributed by atoms with van der Waals surface area (Å²) in [5, 5.41) is 0. The maximum Gasteiger partial charge on any atom is 0.160 e. The average molecular weight is 318 g/mol. The SMILES string of the molecule is O=C1C(Br)Cc2ccccc2CC1Br. The Kier molecular flexibility index (Phi) is 3.07. The molecule has 0 radical (unpaired) electrons. The van der Waals surface area contributed by atoms with Gasteiger partial charge in [-0.2, -0.15) is 0 Å². The van der Waals surface area contributed by atoms with Gasteiger partial charge in [0, 0.05) is 0 Å². The first kappa shape index (κ1) is 10.4. The Labute approximate surface area is 100 Å². The van der Waals surface area contributed by atoms with E-state index < -0.39 is 0 Å². The number of rotatable bonds is 0. The normalized spacial score (nSPS) is 26.9. The third-order valence-electron chi connectivity index (χ3n) is 2.53. The maximum atomic E-state index is 11.7. The lowest BCUT2D eigenvalue weighted by atomic mass is 10.0. The number of hydrogen-bond donors (Lipinski definition) is 0. The molecule has 0 heterocycles. The summed E-state index contributed by atoms with van der Waals surface area (Å²) >= 11 is 6.87. The summed E-state index contributed by atoms with van der Waals surface area (Å²) in [7, 11) is 0. The fraction of sp³-hybridized carbons (Fsp3) is 0.364. The van der Waals surface area contributed by atoms with E-state index in [4.69, 9.17) is 0 Å². The molecule has 0 N–H and O–H groups in total. The van der Waals surface area contributed by atoms with E-state index in [-0.39, 0.29) is 15.4 Å². The Morgan fingerprint density at radius 3 is 1.86 bits per heavy atom. The van der Waals surface area contributed by atoms with Gasteiger partial charge in [-0.05, 0) is 24.0 Å². The second kappa shape index (κ2) is 4.15. The Balaban J connectivity index is 2.39. The molecule has 0 saturated heterocycles. The van der Waals surface area contributed by atoms with Crippen LogP contribution in [-0.2, 0) is 17.6 Å². The molecule has 2 atom stereocenters. The number of carbonyl (C=O) groups is 1. The molecular formula is C11H10Br2O. The fourth-order valence-electron chi connectivity index (χ4n) is 1.74. The molecule has 2 unspecified atom stereocenters. The van der Waals surface area contributed by atoms with Gasteiger partial charge in [0.05, 0.1) is 9.65 Å². The van der Waals surface area contributed by atoms with Gasteiger partial charge in [0.1, 0.15) is 0 Å². The van der Waals surface area contributed by atoms with Gasteiger partial charge >= 0.3 is 0 Å². The quantitative estimate of drug-likeness (QED) is 0.531. The highest BCUT2D eigenvalue weighted by atomic mass is 79.9. The highest BCUT2D eigenvalue weighted by Gasteiger charge is 2.27. The lowest BCUT2D eigenvalue weighted by molar-refractivity contribution is -0.117. The molecule has 1 aliphatic carbocycles. The summed E-state index contributed by atoms with van der Waals surface area (Å²) in [6, 6.07) is 8.25. The number of benzene rings is 1. The molecule has 0 bridgehead atoms. The van der Waals surface area contributed by atoms with Crippen molar-refractivity contribution in [2.24, 2.45) is 0 Å². The zero-order valence-electron chi connectivity index (χ0n) is 7.54. The van der Waals surface area contributed by atoms with E-state index in [1.54, 1.807) is 0 Å². The van der Waals surface area contributed by atoms with Crippen molar-refractivity contribution in [2.45, 2.75) is 22.5 Å². The average Bonchev–Trinajstić information content (AvgIpc) is 2.28. The molecule has 74 valence electrons. The lowest BCUT2D eigenvalue weighted by Crippen LogP contribution is -2.24. The number of Topliss-reactive ketones (excluding diaryl/α,β-unsaturated/α-hetero) is 1. The molecular weight excluding hydrogens is 308 g/mol. The maximum absolute atomic E-state index is 11.7. The Morgan fingerprint density at radius 2 is 1.43 bits per heavy atom. The summed E-state index contributed by atoms with van der Waals surface area (Å²) in [5.74, 6) is 0.251. The molecule has 1 aliphatic rings. The number of halogens is 2. The Bertz CT molecular complexity index is 329. The van der Waals surface area contributed by atoms with Crippen molar-refractivity contribution in [1.82, 2.24) is 0 Å². The predicted octanol–water partition coefficient (Wildman–Crippen LogP) is 2.88. The van der Waals surface area contributed by atoms with Crippen molar-refractivity contribution in [3.05, 3.63) is 35.4 Å². The van der Waals surface area contributed by atoms with Crippen LogP contribution in [0.2, 0.25) is 0 Å². The van der Waals surface area contributed by atoms with Gasteiger partial charge in [0.25, 0.3) is 0 Å². The molecule has 0 aromatic heterocycles. The van der Waals surface area contributed by atoms with Crippen molar-refractivity contribution in [2.75, 3.05) is 0 Å². The van der Waals surface area contributed by atoms with Crippen LogP contribution in [0.25, 0.3) is 0 Å². The van der Waals surface area contributed by atoms with Crippen LogP contribution in [0.3, 0.4) is 0 Å². The number of alkyl halides is 2. The molecule has 1 aromatic carbocycles. The van der Waals surface area contributed by atoms with Gasteiger partial charge in [0.15, 0.2) is 5.78 Å². The van der Waals surface area contributed by atoms with E-state index in [1.165, 1.54) is 11.1 Å². The molecule has 1 nitrogen and oxygen atoms in total. The van der Waals surface area contributed by atoms with Crippen molar-refractivity contribution in [3.8, 4) is 0 Å².